The third-order valence-corrected chi connectivity index (χ3v) is 8.22. The number of rotatable bonds is 6. The van der Waals surface area contributed by atoms with Gasteiger partial charge in [0.1, 0.15) is 4.90 Å². The number of halogens is 2. The van der Waals surface area contributed by atoms with E-state index in [1.165, 1.54) is 16.4 Å². The molecule has 2 aliphatic rings. The highest BCUT2D eigenvalue weighted by Crippen LogP contribution is 2.38. The highest BCUT2D eigenvalue weighted by atomic mass is 35.5. The second kappa shape index (κ2) is 9.03. The van der Waals surface area contributed by atoms with E-state index in [1.807, 2.05) is 25.1 Å². The van der Waals surface area contributed by atoms with E-state index in [0.717, 1.165) is 18.5 Å². The van der Waals surface area contributed by atoms with E-state index in [1.54, 1.807) is 11.1 Å². The van der Waals surface area contributed by atoms with E-state index >= 15 is 0 Å². The highest BCUT2D eigenvalue weighted by molar-refractivity contribution is 7.89. The third-order valence-electron chi connectivity index (χ3n) is 5.55. The van der Waals surface area contributed by atoms with Crippen molar-refractivity contribution >= 4 is 39.1 Å². The molecule has 1 amide bonds. The molecule has 0 bridgehead atoms. The SMILES string of the molecule is CC(c1ccccn1)N(C(=O)c1cc(S(=O)(=O)N2CCOCC2)c(Cl)cc1Cl)C1CC1. The highest BCUT2D eigenvalue weighted by Gasteiger charge is 2.39. The van der Waals surface area contributed by atoms with Crippen molar-refractivity contribution in [3.05, 3.63) is 57.8 Å². The van der Waals surface area contributed by atoms with Gasteiger partial charge >= 0.3 is 0 Å². The average molecular weight is 484 g/mol. The molecule has 1 saturated carbocycles. The van der Waals surface area contributed by atoms with Gasteiger partial charge in [0, 0.05) is 25.3 Å². The molecule has 1 aromatic carbocycles. The number of morpholine rings is 1. The van der Waals surface area contributed by atoms with Crippen LogP contribution in [0.15, 0.2) is 41.4 Å². The molecule has 7 nitrogen and oxygen atoms in total. The number of hydrogen-bond acceptors (Lipinski definition) is 5. The number of hydrogen-bond donors (Lipinski definition) is 0. The molecular formula is C21H23Cl2N3O4S. The number of pyridine rings is 1. The number of amides is 1. The van der Waals surface area contributed by atoms with Gasteiger partial charge in [-0.2, -0.15) is 4.31 Å². The molecule has 4 rings (SSSR count). The van der Waals surface area contributed by atoms with E-state index < -0.39 is 10.0 Å². The Morgan fingerprint density at radius 3 is 2.52 bits per heavy atom. The topological polar surface area (TPSA) is 79.8 Å². The smallest absolute Gasteiger partial charge is 0.256 e. The van der Waals surface area contributed by atoms with Crippen LogP contribution in [0.3, 0.4) is 0 Å². The standard InChI is InChI=1S/C21H23Cl2N3O4S/c1-14(19-4-2-3-7-24-19)26(15-5-6-15)21(27)16-12-20(18(23)13-17(16)22)31(28,29)25-8-10-30-11-9-25/h2-4,7,12-15H,5-6,8-11H2,1H3. The Hall–Kier alpha value is -1.71. The molecule has 1 atom stereocenters. The molecule has 0 N–H and O–H groups in total. The molecular weight excluding hydrogens is 461 g/mol. The summed E-state index contributed by atoms with van der Waals surface area (Å²) >= 11 is 12.6. The van der Waals surface area contributed by atoms with Crippen LogP contribution >= 0.6 is 23.2 Å². The lowest BCUT2D eigenvalue weighted by Crippen LogP contribution is -2.41. The van der Waals surface area contributed by atoms with Crippen LogP contribution in [0.5, 0.6) is 0 Å². The maximum Gasteiger partial charge on any atom is 0.256 e. The Bertz CT molecular complexity index is 1070. The zero-order valence-electron chi connectivity index (χ0n) is 17.0. The van der Waals surface area contributed by atoms with Gasteiger partial charge in [-0.05, 0) is 44.0 Å². The summed E-state index contributed by atoms with van der Waals surface area (Å²) in [7, 11) is -3.89. The number of benzene rings is 1. The fourth-order valence-electron chi connectivity index (χ4n) is 3.73. The summed E-state index contributed by atoms with van der Waals surface area (Å²) in [6.07, 6.45) is 3.45. The van der Waals surface area contributed by atoms with Crippen molar-refractivity contribution in [1.82, 2.24) is 14.2 Å². The number of sulfonamides is 1. The van der Waals surface area contributed by atoms with Gasteiger partial charge in [0.2, 0.25) is 10.0 Å². The lowest BCUT2D eigenvalue weighted by atomic mass is 10.1. The van der Waals surface area contributed by atoms with Gasteiger partial charge in [0.05, 0.1) is 40.6 Å². The van der Waals surface area contributed by atoms with Crippen LogP contribution in [-0.2, 0) is 14.8 Å². The minimum atomic E-state index is -3.89. The zero-order chi connectivity index (χ0) is 22.2. The van der Waals surface area contributed by atoms with Crippen molar-refractivity contribution in [1.29, 1.82) is 0 Å². The molecule has 31 heavy (non-hydrogen) atoms. The fourth-order valence-corrected chi connectivity index (χ4v) is 5.97. The Kier molecular flexibility index (Phi) is 6.55. The molecule has 1 unspecified atom stereocenters. The Balaban J connectivity index is 1.71. The monoisotopic (exact) mass is 483 g/mol. The first-order valence-electron chi connectivity index (χ1n) is 10.1. The Morgan fingerprint density at radius 2 is 1.90 bits per heavy atom. The van der Waals surface area contributed by atoms with Gasteiger partial charge < -0.3 is 9.64 Å². The van der Waals surface area contributed by atoms with Gasteiger partial charge in [-0.15, -0.1) is 0 Å². The van der Waals surface area contributed by atoms with Gasteiger partial charge in [0.15, 0.2) is 0 Å². The summed E-state index contributed by atoms with van der Waals surface area (Å²) in [6.45, 7) is 3.00. The van der Waals surface area contributed by atoms with Crippen molar-refractivity contribution in [2.24, 2.45) is 0 Å². The minimum Gasteiger partial charge on any atom is -0.379 e. The largest absolute Gasteiger partial charge is 0.379 e. The van der Waals surface area contributed by atoms with Crippen LogP contribution in [0, 0.1) is 0 Å². The van der Waals surface area contributed by atoms with Crippen LogP contribution < -0.4 is 0 Å². The molecule has 0 radical (unpaired) electrons. The molecule has 10 heteroatoms. The molecule has 166 valence electrons. The first kappa shape index (κ1) is 22.5. The quantitative estimate of drug-likeness (QED) is 0.624. The van der Waals surface area contributed by atoms with Crippen molar-refractivity contribution in [3.63, 3.8) is 0 Å². The summed E-state index contributed by atoms with van der Waals surface area (Å²) in [4.78, 5) is 19.6. The molecule has 1 aliphatic carbocycles. The Labute approximate surface area is 192 Å². The summed E-state index contributed by atoms with van der Waals surface area (Å²) < 4.78 is 32.9. The van der Waals surface area contributed by atoms with E-state index in [9.17, 15) is 13.2 Å². The van der Waals surface area contributed by atoms with Gasteiger partial charge in [-0.25, -0.2) is 8.42 Å². The van der Waals surface area contributed by atoms with Crippen LogP contribution in [-0.4, -0.2) is 60.9 Å². The minimum absolute atomic E-state index is 0.0104. The van der Waals surface area contributed by atoms with Gasteiger partial charge in [0.25, 0.3) is 5.91 Å². The predicted octanol–water partition coefficient (Wildman–Crippen LogP) is 3.78. The number of ether oxygens (including phenoxy) is 1. The third kappa shape index (κ3) is 4.59. The first-order valence-corrected chi connectivity index (χ1v) is 12.3. The lowest BCUT2D eigenvalue weighted by molar-refractivity contribution is 0.0670. The summed E-state index contributed by atoms with van der Waals surface area (Å²) in [6, 6.07) is 7.97. The molecule has 2 fully saturated rings. The van der Waals surface area contributed by atoms with Gasteiger partial charge in [-0.1, -0.05) is 29.3 Å². The predicted molar refractivity (Wildman–Crippen MR) is 118 cm³/mol. The zero-order valence-corrected chi connectivity index (χ0v) is 19.3. The van der Waals surface area contributed by atoms with E-state index in [-0.39, 0.29) is 51.6 Å². The summed E-state index contributed by atoms with van der Waals surface area (Å²) in [5.74, 6) is -0.333. The van der Waals surface area contributed by atoms with E-state index in [2.05, 4.69) is 4.98 Å². The average Bonchev–Trinajstić information content (AvgIpc) is 3.60. The number of nitrogens with zero attached hydrogens (tertiary/aromatic N) is 3. The maximum atomic E-state index is 13.6. The molecule has 1 aromatic heterocycles. The number of carbonyl (C=O) groups excluding carboxylic acids is 1. The van der Waals surface area contributed by atoms with E-state index in [0.29, 0.717) is 13.2 Å². The van der Waals surface area contributed by atoms with Crippen LogP contribution in [0.25, 0.3) is 0 Å². The van der Waals surface area contributed by atoms with Crippen LogP contribution in [0.4, 0.5) is 0 Å². The maximum absolute atomic E-state index is 13.6. The van der Waals surface area contributed by atoms with Crippen molar-refractivity contribution < 1.29 is 17.9 Å². The molecule has 2 aromatic rings. The second-order valence-electron chi connectivity index (χ2n) is 7.65. The first-order chi connectivity index (χ1) is 14.8. The van der Waals surface area contributed by atoms with Crippen molar-refractivity contribution in [2.75, 3.05) is 26.3 Å². The van der Waals surface area contributed by atoms with Gasteiger partial charge in [-0.3, -0.25) is 9.78 Å². The molecule has 1 saturated heterocycles. The summed E-state index contributed by atoms with van der Waals surface area (Å²) in [5.41, 5.74) is 0.876. The van der Waals surface area contributed by atoms with E-state index in [4.69, 9.17) is 27.9 Å². The normalized spacial score (nSPS) is 18.5. The summed E-state index contributed by atoms with van der Waals surface area (Å²) in [5, 5.41) is 0.110. The fraction of sp³-hybridized carbons (Fsp3) is 0.429. The van der Waals surface area contributed by atoms with Crippen molar-refractivity contribution in [3.8, 4) is 0 Å². The Morgan fingerprint density at radius 1 is 1.19 bits per heavy atom. The number of carbonyl (C=O) groups is 1. The molecule has 2 heterocycles. The van der Waals surface area contributed by atoms with Crippen LogP contribution in [0.2, 0.25) is 10.0 Å². The molecule has 1 aliphatic heterocycles. The van der Waals surface area contributed by atoms with Crippen molar-refractivity contribution in [2.45, 2.75) is 36.7 Å². The lowest BCUT2D eigenvalue weighted by Gasteiger charge is -2.30. The number of aromatic nitrogens is 1. The van der Waals surface area contributed by atoms with Crippen LogP contribution in [0.1, 0.15) is 41.9 Å². The molecule has 0 spiro atoms. The second-order valence-corrected chi connectivity index (χ2v) is 10.4.